The Labute approximate surface area is 74.8 Å². The summed E-state index contributed by atoms with van der Waals surface area (Å²) in [5.41, 5.74) is 0.697. The zero-order valence-electron chi connectivity index (χ0n) is 6.89. The van der Waals surface area contributed by atoms with Gasteiger partial charge in [-0.05, 0) is 6.92 Å². The number of nitrogens with zero attached hydrogens (tertiary/aromatic N) is 1. The minimum Gasteiger partial charge on any atom is -0.311 e. The molecule has 1 aliphatic rings. The molecule has 1 N–H and O–H groups in total. The predicted octanol–water partition coefficient (Wildman–Crippen LogP) is 1.13. The number of hydrogen-bond acceptors (Lipinski definition) is 4. The predicted molar refractivity (Wildman–Crippen MR) is 47.5 cm³/mol. The van der Waals surface area contributed by atoms with E-state index >= 15 is 0 Å². The van der Waals surface area contributed by atoms with Gasteiger partial charge in [-0.1, -0.05) is 0 Å². The molecule has 0 aliphatic carbocycles. The Morgan fingerprint density at radius 1 is 1.58 bits per heavy atom. The van der Waals surface area contributed by atoms with Gasteiger partial charge in [-0.15, -0.1) is 11.3 Å². The number of carbonyl (C=O) groups excluding carboxylic acids is 1. The van der Waals surface area contributed by atoms with Crippen molar-refractivity contribution in [3.05, 3.63) is 15.6 Å². The van der Waals surface area contributed by atoms with Crippen molar-refractivity contribution in [2.24, 2.45) is 0 Å². The number of fused-ring (bicyclic) bond motifs is 1. The van der Waals surface area contributed by atoms with Gasteiger partial charge in [0.25, 0.3) is 0 Å². The molecule has 64 valence electrons. The zero-order valence-corrected chi connectivity index (χ0v) is 7.70. The number of nitrogens with one attached hydrogen (secondary N) is 1. The van der Waals surface area contributed by atoms with Crippen molar-refractivity contribution in [1.82, 2.24) is 10.3 Å². The molecule has 0 atom stereocenters. The Morgan fingerprint density at radius 3 is 3.25 bits per heavy atom. The molecule has 0 spiro atoms. The normalized spacial score (nSPS) is 17.2. The third kappa shape index (κ3) is 1.28. The van der Waals surface area contributed by atoms with Crippen LogP contribution in [-0.4, -0.2) is 17.3 Å². The van der Waals surface area contributed by atoms with Crippen LogP contribution in [0.15, 0.2) is 0 Å². The van der Waals surface area contributed by atoms with Crippen molar-refractivity contribution in [2.75, 3.05) is 6.54 Å². The van der Waals surface area contributed by atoms with E-state index in [1.807, 2.05) is 6.92 Å². The van der Waals surface area contributed by atoms with Gasteiger partial charge in [-0.2, -0.15) is 0 Å². The Balaban J connectivity index is 2.44. The highest BCUT2D eigenvalue weighted by molar-refractivity contribution is 7.11. The zero-order chi connectivity index (χ0) is 8.55. The molecule has 0 saturated carbocycles. The van der Waals surface area contributed by atoms with Crippen LogP contribution in [0.4, 0.5) is 0 Å². The molecule has 2 rings (SSSR count). The lowest BCUT2D eigenvalue weighted by Gasteiger charge is -1.93. The van der Waals surface area contributed by atoms with E-state index in [2.05, 4.69) is 10.3 Å². The summed E-state index contributed by atoms with van der Waals surface area (Å²) in [6.45, 7) is 3.51. The fourth-order valence-electron chi connectivity index (χ4n) is 1.33. The highest BCUT2D eigenvalue weighted by atomic mass is 32.1. The quantitative estimate of drug-likeness (QED) is 0.654. The van der Waals surface area contributed by atoms with E-state index in [4.69, 9.17) is 0 Å². The molecule has 2 heterocycles. The molecule has 0 amide bonds. The molecule has 4 heteroatoms. The minimum absolute atomic E-state index is 0.180. The molecule has 0 radical (unpaired) electrons. The van der Waals surface area contributed by atoms with Crippen LogP contribution in [-0.2, 0) is 6.54 Å². The molecule has 0 aromatic carbocycles. The van der Waals surface area contributed by atoms with Crippen LogP contribution in [0.2, 0.25) is 0 Å². The fraction of sp³-hybridized carbons (Fsp3) is 0.500. The minimum atomic E-state index is 0.180. The van der Waals surface area contributed by atoms with Crippen molar-refractivity contribution in [1.29, 1.82) is 0 Å². The number of aromatic nitrogens is 1. The third-order valence-electron chi connectivity index (χ3n) is 1.88. The maximum absolute atomic E-state index is 11.4. The van der Waals surface area contributed by atoms with Crippen molar-refractivity contribution in [3.63, 3.8) is 0 Å². The standard InChI is InChI=1S/C8H10N2OS/c1-5-10-8-6(11)2-3-9-4-7(8)12-5/h9H,2-4H2,1H3. The van der Waals surface area contributed by atoms with Gasteiger partial charge in [0, 0.05) is 24.4 Å². The molecule has 3 nitrogen and oxygen atoms in total. The topological polar surface area (TPSA) is 42.0 Å². The summed E-state index contributed by atoms with van der Waals surface area (Å²) in [5, 5.41) is 4.18. The summed E-state index contributed by atoms with van der Waals surface area (Å²) in [5.74, 6) is 0.180. The molecule has 12 heavy (non-hydrogen) atoms. The summed E-state index contributed by atoms with van der Waals surface area (Å²) >= 11 is 1.61. The number of aryl methyl sites for hydroxylation is 1. The number of carbonyl (C=O) groups is 1. The van der Waals surface area contributed by atoms with Crippen LogP contribution in [0, 0.1) is 6.92 Å². The van der Waals surface area contributed by atoms with Gasteiger partial charge in [0.1, 0.15) is 5.69 Å². The van der Waals surface area contributed by atoms with E-state index < -0.39 is 0 Å². The lowest BCUT2D eigenvalue weighted by molar-refractivity contribution is 0.0981. The number of Topliss-reactive ketones (excluding diaryl/α,β-unsaturated/α-hetero) is 1. The molecule has 0 saturated heterocycles. The number of rotatable bonds is 0. The number of hydrogen-bond donors (Lipinski definition) is 1. The van der Waals surface area contributed by atoms with Crippen molar-refractivity contribution in [2.45, 2.75) is 19.9 Å². The summed E-state index contributed by atoms with van der Waals surface area (Å²) in [4.78, 5) is 16.7. The molecule has 1 aromatic rings. The SMILES string of the molecule is Cc1nc2c(s1)CNCCC2=O. The van der Waals surface area contributed by atoms with Crippen LogP contribution < -0.4 is 5.32 Å². The second-order valence-electron chi connectivity index (χ2n) is 2.85. The van der Waals surface area contributed by atoms with Crippen molar-refractivity contribution < 1.29 is 4.79 Å². The van der Waals surface area contributed by atoms with E-state index in [1.54, 1.807) is 11.3 Å². The molecule has 1 aromatic heterocycles. The lowest BCUT2D eigenvalue weighted by Crippen LogP contribution is -2.12. The fourth-order valence-corrected chi connectivity index (χ4v) is 2.25. The Hall–Kier alpha value is -0.740. The smallest absolute Gasteiger partial charge is 0.183 e. The summed E-state index contributed by atoms with van der Waals surface area (Å²) < 4.78 is 0. The molecule has 0 fully saturated rings. The Bertz CT molecular complexity index is 319. The average molecular weight is 182 g/mol. The van der Waals surface area contributed by atoms with E-state index in [9.17, 15) is 4.79 Å². The van der Waals surface area contributed by atoms with Gasteiger partial charge in [-0.3, -0.25) is 4.79 Å². The maximum atomic E-state index is 11.4. The van der Waals surface area contributed by atoms with Gasteiger partial charge >= 0.3 is 0 Å². The van der Waals surface area contributed by atoms with Crippen LogP contribution in [0.3, 0.4) is 0 Å². The van der Waals surface area contributed by atoms with Crippen LogP contribution in [0.5, 0.6) is 0 Å². The van der Waals surface area contributed by atoms with Crippen LogP contribution in [0.25, 0.3) is 0 Å². The number of ketones is 1. The van der Waals surface area contributed by atoms with E-state index in [0.29, 0.717) is 12.1 Å². The largest absolute Gasteiger partial charge is 0.311 e. The average Bonchev–Trinajstić information content (AvgIpc) is 2.33. The van der Waals surface area contributed by atoms with E-state index in [1.165, 1.54) is 0 Å². The Kier molecular flexibility index (Phi) is 1.94. The van der Waals surface area contributed by atoms with Gasteiger partial charge in [0.2, 0.25) is 0 Å². The second kappa shape index (κ2) is 2.95. The monoisotopic (exact) mass is 182 g/mol. The highest BCUT2D eigenvalue weighted by Crippen LogP contribution is 2.20. The first kappa shape index (κ1) is 7.89. The highest BCUT2D eigenvalue weighted by Gasteiger charge is 2.18. The third-order valence-corrected chi connectivity index (χ3v) is 2.85. The van der Waals surface area contributed by atoms with Crippen molar-refractivity contribution in [3.8, 4) is 0 Å². The maximum Gasteiger partial charge on any atom is 0.183 e. The second-order valence-corrected chi connectivity index (χ2v) is 4.14. The van der Waals surface area contributed by atoms with Gasteiger partial charge in [0.05, 0.1) is 5.01 Å². The summed E-state index contributed by atoms with van der Waals surface area (Å²) in [7, 11) is 0. The summed E-state index contributed by atoms with van der Waals surface area (Å²) in [6, 6.07) is 0. The first-order valence-electron chi connectivity index (χ1n) is 3.97. The lowest BCUT2D eigenvalue weighted by atomic mass is 10.2. The van der Waals surface area contributed by atoms with Gasteiger partial charge < -0.3 is 5.32 Å². The van der Waals surface area contributed by atoms with Gasteiger partial charge in [-0.25, -0.2) is 4.98 Å². The molecular formula is C8H10N2OS. The van der Waals surface area contributed by atoms with Crippen molar-refractivity contribution >= 4 is 17.1 Å². The number of thiazole rings is 1. The first-order chi connectivity index (χ1) is 5.77. The van der Waals surface area contributed by atoms with E-state index in [-0.39, 0.29) is 5.78 Å². The van der Waals surface area contributed by atoms with Crippen LogP contribution in [0.1, 0.15) is 26.8 Å². The molecule has 1 aliphatic heterocycles. The molecule has 0 bridgehead atoms. The Morgan fingerprint density at radius 2 is 2.42 bits per heavy atom. The van der Waals surface area contributed by atoms with E-state index in [0.717, 1.165) is 23.0 Å². The molecular weight excluding hydrogens is 172 g/mol. The first-order valence-corrected chi connectivity index (χ1v) is 4.79. The summed E-state index contributed by atoms with van der Waals surface area (Å²) in [6.07, 6.45) is 0.580. The molecule has 0 unspecified atom stereocenters. The van der Waals surface area contributed by atoms with Gasteiger partial charge in [0.15, 0.2) is 5.78 Å². The van der Waals surface area contributed by atoms with Crippen LogP contribution >= 0.6 is 11.3 Å².